The Kier molecular flexibility index (Phi) is 6.27. The topological polar surface area (TPSA) is 38.3 Å². The first-order valence-corrected chi connectivity index (χ1v) is 7.98. The van der Waals surface area contributed by atoms with Crippen molar-refractivity contribution < 1.29 is 13.9 Å². The lowest BCUT2D eigenvalue weighted by molar-refractivity contribution is 0.0953. The third-order valence-electron chi connectivity index (χ3n) is 3.02. The van der Waals surface area contributed by atoms with Crippen molar-refractivity contribution in [3.05, 3.63) is 59.9 Å². The molecule has 22 heavy (non-hydrogen) atoms. The van der Waals surface area contributed by atoms with Gasteiger partial charge in [0, 0.05) is 17.0 Å². The average Bonchev–Trinajstić information content (AvgIpc) is 2.56. The molecule has 2 aromatic rings. The molecule has 2 aromatic carbocycles. The number of thioether (sulfide) groups is 1. The summed E-state index contributed by atoms with van der Waals surface area (Å²) in [6, 6.07) is 13.5. The van der Waals surface area contributed by atoms with Crippen LogP contribution in [0.15, 0.2) is 53.4 Å². The summed E-state index contributed by atoms with van der Waals surface area (Å²) in [7, 11) is 1.57. The van der Waals surface area contributed by atoms with Gasteiger partial charge in [0.05, 0.1) is 7.11 Å². The first-order chi connectivity index (χ1) is 10.7. The lowest BCUT2D eigenvalue weighted by atomic mass is 10.2. The first kappa shape index (κ1) is 16.4. The van der Waals surface area contributed by atoms with Crippen LogP contribution in [0.4, 0.5) is 4.39 Å². The third kappa shape index (κ3) is 5.07. The van der Waals surface area contributed by atoms with Gasteiger partial charge >= 0.3 is 0 Å². The van der Waals surface area contributed by atoms with E-state index in [1.807, 2.05) is 0 Å². The summed E-state index contributed by atoms with van der Waals surface area (Å²) < 4.78 is 17.9. The minimum absolute atomic E-state index is 0.106. The second kappa shape index (κ2) is 8.44. The van der Waals surface area contributed by atoms with Gasteiger partial charge in [-0.15, -0.1) is 11.8 Å². The predicted octanol–water partition coefficient (Wildman–Crippen LogP) is 3.75. The van der Waals surface area contributed by atoms with Gasteiger partial charge in [-0.3, -0.25) is 4.79 Å². The molecule has 0 aliphatic carbocycles. The lowest BCUT2D eigenvalue weighted by Gasteiger charge is -2.06. The summed E-state index contributed by atoms with van der Waals surface area (Å²) in [5, 5.41) is 2.88. The number of amides is 1. The highest BCUT2D eigenvalue weighted by molar-refractivity contribution is 7.99. The van der Waals surface area contributed by atoms with Crippen LogP contribution in [0.2, 0.25) is 0 Å². The Balaban J connectivity index is 1.69. The molecule has 0 atom stereocenters. The number of methoxy groups -OCH3 is 1. The van der Waals surface area contributed by atoms with Gasteiger partial charge in [0.15, 0.2) is 0 Å². The molecule has 0 radical (unpaired) electrons. The van der Waals surface area contributed by atoms with E-state index in [4.69, 9.17) is 4.74 Å². The highest BCUT2D eigenvalue weighted by atomic mass is 32.2. The molecule has 0 fully saturated rings. The molecule has 0 bridgehead atoms. The number of rotatable bonds is 7. The van der Waals surface area contributed by atoms with Gasteiger partial charge in [0.1, 0.15) is 11.6 Å². The monoisotopic (exact) mass is 319 g/mol. The molecule has 0 spiro atoms. The van der Waals surface area contributed by atoms with E-state index in [9.17, 15) is 9.18 Å². The summed E-state index contributed by atoms with van der Waals surface area (Å²) in [5.74, 6) is 1.20. The van der Waals surface area contributed by atoms with Gasteiger partial charge in [0.2, 0.25) is 0 Å². The van der Waals surface area contributed by atoms with Crippen LogP contribution in [0.3, 0.4) is 0 Å². The van der Waals surface area contributed by atoms with Crippen molar-refractivity contribution in [3.63, 3.8) is 0 Å². The molecular weight excluding hydrogens is 301 g/mol. The van der Waals surface area contributed by atoms with Crippen LogP contribution in [0, 0.1) is 5.82 Å². The molecule has 1 N–H and O–H groups in total. The standard InChI is InChI=1S/C17H18FNO2S/c1-21-15-5-2-4-13(12-15)17(20)19-10-3-11-22-16-8-6-14(18)7-9-16/h2,4-9,12H,3,10-11H2,1H3,(H,19,20). The minimum Gasteiger partial charge on any atom is -0.497 e. The molecule has 2 rings (SSSR count). The Bertz CT molecular complexity index is 616. The van der Waals surface area contributed by atoms with Crippen molar-refractivity contribution in [3.8, 4) is 5.75 Å². The van der Waals surface area contributed by atoms with Crippen molar-refractivity contribution in [1.82, 2.24) is 5.32 Å². The zero-order valence-corrected chi connectivity index (χ0v) is 13.2. The zero-order chi connectivity index (χ0) is 15.8. The second-order valence-electron chi connectivity index (χ2n) is 4.64. The third-order valence-corrected chi connectivity index (χ3v) is 4.12. The van der Waals surface area contributed by atoms with Crippen molar-refractivity contribution in [1.29, 1.82) is 0 Å². The fourth-order valence-corrected chi connectivity index (χ4v) is 2.71. The largest absolute Gasteiger partial charge is 0.497 e. The van der Waals surface area contributed by atoms with Gasteiger partial charge in [-0.25, -0.2) is 4.39 Å². The number of carbonyl (C=O) groups is 1. The molecular formula is C17H18FNO2S. The number of ether oxygens (including phenoxy) is 1. The predicted molar refractivity (Wildman–Crippen MR) is 87.1 cm³/mol. The Labute approximate surface area is 133 Å². The number of carbonyl (C=O) groups excluding carboxylic acids is 1. The number of hydrogen-bond acceptors (Lipinski definition) is 3. The number of benzene rings is 2. The SMILES string of the molecule is COc1cccc(C(=O)NCCCSc2ccc(F)cc2)c1. The van der Waals surface area contributed by atoms with Crippen LogP contribution in [0.1, 0.15) is 16.8 Å². The van der Waals surface area contributed by atoms with Gasteiger partial charge in [-0.1, -0.05) is 6.07 Å². The summed E-state index contributed by atoms with van der Waals surface area (Å²) in [6.45, 7) is 0.601. The zero-order valence-electron chi connectivity index (χ0n) is 12.3. The molecule has 5 heteroatoms. The van der Waals surface area contributed by atoms with Crippen LogP contribution < -0.4 is 10.1 Å². The maximum atomic E-state index is 12.8. The smallest absolute Gasteiger partial charge is 0.251 e. The number of nitrogens with one attached hydrogen (secondary N) is 1. The Morgan fingerprint density at radius 3 is 2.73 bits per heavy atom. The molecule has 3 nitrogen and oxygen atoms in total. The molecule has 116 valence electrons. The van der Waals surface area contributed by atoms with Crippen LogP contribution in [-0.4, -0.2) is 25.3 Å². The Hall–Kier alpha value is -2.01. The Morgan fingerprint density at radius 1 is 1.23 bits per heavy atom. The summed E-state index contributed by atoms with van der Waals surface area (Å²) in [5.41, 5.74) is 0.588. The number of halogens is 1. The van der Waals surface area contributed by atoms with Crippen molar-refractivity contribution in [2.45, 2.75) is 11.3 Å². The van der Waals surface area contributed by atoms with E-state index in [2.05, 4.69) is 5.32 Å². The molecule has 0 heterocycles. The normalized spacial score (nSPS) is 10.3. The average molecular weight is 319 g/mol. The van der Waals surface area contributed by atoms with Gasteiger partial charge in [0.25, 0.3) is 5.91 Å². The summed E-state index contributed by atoms with van der Waals surface area (Å²) >= 11 is 1.64. The maximum absolute atomic E-state index is 12.8. The van der Waals surface area contributed by atoms with Crippen LogP contribution in [0.25, 0.3) is 0 Å². The fourth-order valence-electron chi connectivity index (χ4n) is 1.86. The highest BCUT2D eigenvalue weighted by Crippen LogP contribution is 2.18. The van der Waals surface area contributed by atoms with Crippen molar-refractivity contribution in [2.24, 2.45) is 0 Å². The van der Waals surface area contributed by atoms with E-state index < -0.39 is 0 Å². The Morgan fingerprint density at radius 2 is 2.00 bits per heavy atom. The first-order valence-electron chi connectivity index (χ1n) is 6.99. The van der Waals surface area contributed by atoms with E-state index in [0.29, 0.717) is 17.9 Å². The van der Waals surface area contributed by atoms with Crippen LogP contribution >= 0.6 is 11.8 Å². The molecule has 0 saturated heterocycles. The minimum atomic E-state index is -0.227. The van der Waals surface area contributed by atoms with Crippen LogP contribution in [-0.2, 0) is 0 Å². The quantitative estimate of drug-likeness (QED) is 0.624. The van der Waals surface area contributed by atoms with E-state index in [0.717, 1.165) is 17.1 Å². The van der Waals surface area contributed by atoms with Crippen LogP contribution in [0.5, 0.6) is 5.75 Å². The van der Waals surface area contributed by atoms with E-state index in [-0.39, 0.29) is 11.7 Å². The highest BCUT2D eigenvalue weighted by Gasteiger charge is 2.05. The van der Waals surface area contributed by atoms with Crippen molar-refractivity contribution in [2.75, 3.05) is 19.4 Å². The summed E-state index contributed by atoms with van der Waals surface area (Å²) in [4.78, 5) is 13.0. The lowest BCUT2D eigenvalue weighted by Crippen LogP contribution is -2.24. The van der Waals surface area contributed by atoms with Gasteiger partial charge in [-0.2, -0.15) is 0 Å². The molecule has 0 saturated carbocycles. The molecule has 0 aliphatic heterocycles. The molecule has 1 amide bonds. The maximum Gasteiger partial charge on any atom is 0.251 e. The van der Waals surface area contributed by atoms with E-state index in [1.54, 1.807) is 55.3 Å². The molecule has 0 aliphatic rings. The van der Waals surface area contributed by atoms with Crippen molar-refractivity contribution >= 4 is 17.7 Å². The van der Waals surface area contributed by atoms with E-state index >= 15 is 0 Å². The molecule has 0 aromatic heterocycles. The molecule has 0 unspecified atom stereocenters. The number of hydrogen-bond donors (Lipinski definition) is 1. The van der Waals surface area contributed by atoms with Gasteiger partial charge in [-0.05, 0) is 54.6 Å². The fraction of sp³-hybridized carbons (Fsp3) is 0.235. The van der Waals surface area contributed by atoms with Gasteiger partial charge < -0.3 is 10.1 Å². The second-order valence-corrected chi connectivity index (χ2v) is 5.81. The van der Waals surface area contributed by atoms with E-state index in [1.165, 1.54) is 12.1 Å². The summed E-state index contributed by atoms with van der Waals surface area (Å²) in [6.07, 6.45) is 0.845.